The lowest BCUT2D eigenvalue weighted by Crippen LogP contribution is -2.29. The third-order valence-corrected chi connectivity index (χ3v) is 3.48. The molecule has 1 aliphatic heterocycles. The molecule has 0 radical (unpaired) electrons. The van der Waals surface area contributed by atoms with Gasteiger partial charge in [-0.05, 0) is 59.6 Å². The van der Waals surface area contributed by atoms with Crippen molar-refractivity contribution in [2.45, 2.75) is 25.8 Å². The van der Waals surface area contributed by atoms with Crippen LogP contribution in [0.15, 0.2) is 22.7 Å². The van der Waals surface area contributed by atoms with Crippen LogP contribution in [0.25, 0.3) is 0 Å². The average Bonchev–Trinajstić information content (AvgIpc) is 2.25. The Labute approximate surface area is 98.4 Å². The summed E-state index contributed by atoms with van der Waals surface area (Å²) in [7, 11) is 0. The van der Waals surface area contributed by atoms with Crippen LogP contribution in [0.1, 0.15) is 24.8 Å². The zero-order valence-electron chi connectivity index (χ0n) is 8.68. The van der Waals surface area contributed by atoms with Crippen molar-refractivity contribution in [1.82, 2.24) is 4.90 Å². The monoisotopic (exact) mass is 271 g/mol. The standard InChI is InChI=1S/C12H15BrFN/c13-11-5-4-10(8-12(11)14)9-15-6-2-1-3-7-15/h4-5,8H,1-3,6-7,9H2. The molecular formula is C12H15BrFN. The molecule has 15 heavy (non-hydrogen) atoms. The van der Waals surface area contributed by atoms with Crippen molar-refractivity contribution in [3.05, 3.63) is 34.1 Å². The summed E-state index contributed by atoms with van der Waals surface area (Å²) in [5.41, 5.74) is 1.07. The highest BCUT2D eigenvalue weighted by Crippen LogP contribution is 2.18. The molecule has 0 N–H and O–H groups in total. The molecule has 1 aromatic carbocycles. The summed E-state index contributed by atoms with van der Waals surface area (Å²) in [6.45, 7) is 3.18. The lowest BCUT2D eigenvalue weighted by atomic mass is 10.1. The molecule has 1 nitrogen and oxygen atoms in total. The molecule has 0 aromatic heterocycles. The number of rotatable bonds is 2. The Balaban J connectivity index is 2.00. The molecule has 1 heterocycles. The van der Waals surface area contributed by atoms with Crippen molar-refractivity contribution in [2.75, 3.05) is 13.1 Å². The van der Waals surface area contributed by atoms with Crippen LogP contribution in [0.5, 0.6) is 0 Å². The molecule has 0 saturated carbocycles. The van der Waals surface area contributed by atoms with Gasteiger partial charge in [0.05, 0.1) is 4.47 Å². The van der Waals surface area contributed by atoms with Crippen LogP contribution in [0.4, 0.5) is 4.39 Å². The lowest BCUT2D eigenvalue weighted by Gasteiger charge is -2.26. The average molecular weight is 272 g/mol. The van der Waals surface area contributed by atoms with Crippen LogP contribution >= 0.6 is 15.9 Å². The van der Waals surface area contributed by atoms with Gasteiger partial charge in [-0.1, -0.05) is 12.5 Å². The third-order valence-electron chi connectivity index (χ3n) is 2.84. The molecule has 0 unspecified atom stereocenters. The molecule has 1 fully saturated rings. The first kappa shape index (κ1) is 11.1. The maximum absolute atomic E-state index is 13.3. The van der Waals surface area contributed by atoms with E-state index in [2.05, 4.69) is 20.8 Å². The molecular weight excluding hydrogens is 257 g/mol. The van der Waals surface area contributed by atoms with Gasteiger partial charge in [0.15, 0.2) is 0 Å². The van der Waals surface area contributed by atoms with E-state index in [1.165, 1.54) is 19.3 Å². The quantitative estimate of drug-likeness (QED) is 0.795. The van der Waals surface area contributed by atoms with Crippen LogP contribution in [0.3, 0.4) is 0 Å². The molecule has 0 aliphatic carbocycles. The Morgan fingerprint density at radius 1 is 1.20 bits per heavy atom. The Kier molecular flexibility index (Phi) is 3.76. The van der Waals surface area contributed by atoms with Crippen LogP contribution < -0.4 is 0 Å². The molecule has 1 saturated heterocycles. The van der Waals surface area contributed by atoms with Crippen molar-refractivity contribution >= 4 is 15.9 Å². The van der Waals surface area contributed by atoms with E-state index in [-0.39, 0.29) is 5.82 Å². The fraction of sp³-hybridized carbons (Fsp3) is 0.500. The van der Waals surface area contributed by atoms with Gasteiger partial charge in [-0.3, -0.25) is 4.90 Å². The van der Waals surface area contributed by atoms with Crippen molar-refractivity contribution in [2.24, 2.45) is 0 Å². The summed E-state index contributed by atoms with van der Waals surface area (Å²) in [5.74, 6) is -0.162. The van der Waals surface area contributed by atoms with Gasteiger partial charge in [0.25, 0.3) is 0 Å². The van der Waals surface area contributed by atoms with Crippen LogP contribution in [-0.2, 0) is 6.54 Å². The number of hydrogen-bond donors (Lipinski definition) is 0. The molecule has 2 rings (SSSR count). The second-order valence-corrected chi connectivity index (χ2v) is 4.94. The first-order chi connectivity index (χ1) is 7.25. The van der Waals surface area contributed by atoms with E-state index < -0.39 is 0 Å². The van der Waals surface area contributed by atoms with Gasteiger partial charge in [0.2, 0.25) is 0 Å². The highest BCUT2D eigenvalue weighted by Gasteiger charge is 2.11. The zero-order chi connectivity index (χ0) is 10.7. The van der Waals surface area contributed by atoms with Gasteiger partial charge in [0.1, 0.15) is 5.82 Å². The summed E-state index contributed by atoms with van der Waals surface area (Å²) in [4.78, 5) is 2.40. The van der Waals surface area contributed by atoms with E-state index in [1.54, 1.807) is 12.1 Å². The van der Waals surface area contributed by atoms with E-state index in [0.717, 1.165) is 25.2 Å². The van der Waals surface area contributed by atoms with Crippen LogP contribution in [0.2, 0.25) is 0 Å². The first-order valence-electron chi connectivity index (χ1n) is 5.42. The topological polar surface area (TPSA) is 3.24 Å². The lowest BCUT2D eigenvalue weighted by molar-refractivity contribution is 0.220. The Morgan fingerprint density at radius 3 is 2.60 bits per heavy atom. The van der Waals surface area contributed by atoms with Gasteiger partial charge in [-0.25, -0.2) is 4.39 Å². The van der Waals surface area contributed by atoms with E-state index in [0.29, 0.717) is 4.47 Å². The van der Waals surface area contributed by atoms with E-state index in [9.17, 15) is 4.39 Å². The second kappa shape index (κ2) is 5.08. The molecule has 0 atom stereocenters. The SMILES string of the molecule is Fc1cc(CN2CCCCC2)ccc1Br. The Bertz CT molecular complexity index is 334. The number of halogens is 2. The predicted molar refractivity (Wildman–Crippen MR) is 63.2 cm³/mol. The largest absolute Gasteiger partial charge is 0.299 e. The second-order valence-electron chi connectivity index (χ2n) is 4.09. The maximum atomic E-state index is 13.3. The molecule has 3 heteroatoms. The Hall–Kier alpha value is -0.410. The van der Waals surface area contributed by atoms with E-state index in [1.807, 2.05) is 6.07 Å². The molecule has 0 amide bonds. The summed E-state index contributed by atoms with van der Waals surface area (Å²) < 4.78 is 13.8. The number of nitrogens with zero attached hydrogens (tertiary/aromatic N) is 1. The number of likely N-dealkylation sites (tertiary alicyclic amines) is 1. The minimum Gasteiger partial charge on any atom is -0.299 e. The molecule has 0 bridgehead atoms. The van der Waals surface area contributed by atoms with Gasteiger partial charge in [-0.2, -0.15) is 0 Å². The number of piperidine rings is 1. The van der Waals surface area contributed by atoms with Gasteiger partial charge >= 0.3 is 0 Å². The fourth-order valence-electron chi connectivity index (χ4n) is 2.01. The minimum absolute atomic E-state index is 0.162. The molecule has 1 aromatic rings. The smallest absolute Gasteiger partial charge is 0.137 e. The first-order valence-corrected chi connectivity index (χ1v) is 6.21. The van der Waals surface area contributed by atoms with Crippen molar-refractivity contribution in [3.63, 3.8) is 0 Å². The van der Waals surface area contributed by atoms with E-state index >= 15 is 0 Å². The third kappa shape index (κ3) is 3.02. The zero-order valence-corrected chi connectivity index (χ0v) is 10.3. The van der Waals surface area contributed by atoms with E-state index in [4.69, 9.17) is 0 Å². The fourth-order valence-corrected chi connectivity index (χ4v) is 2.26. The maximum Gasteiger partial charge on any atom is 0.137 e. The molecule has 1 aliphatic rings. The van der Waals surface area contributed by atoms with Crippen molar-refractivity contribution < 1.29 is 4.39 Å². The predicted octanol–water partition coefficient (Wildman–Crippen LogP) is 3.57. The minimum atomic E-state index is -0.162. The number of benzene rings is 1. The highest BCUT2D eigenvalue weighted by atomic mass is 79.9. The number of hydrogen-bond acceptors (Lipinski definition) is 1. The van der Waals surface area contributed by atoms with Crippen LogP contribution in [0, 0.1) is 5.82 Å². The van der Waals surface area contributed by atoms with Crippen molar-refractivity contribution in [1.29, 1.82) is 0 Å². The summed E-state index contributed by atoms with van der Waals surface area (Å²) >= 11 is 3.17. The normalized spacial score (nSPS) is 18.0. The van der Waals surface area contributed by atoms with Crippen molar-refractivity contribution in [3.8, 4) is 0 Å². The summed E-state index contributed by atoms with van der Waals surface area (Å²) in [6.07, 6.45) is 3.89. The Morgan fingerprint density at radius 2 is 1.93 bits per heavy atom. The van der Waals surface area contributed by atoms with Gasteiger partial charge < -0.3 is 0 Å². The van der Waals surface area contributed by atoms with Gasteiger partial charge in [-0.15, -0.1) is 0 Å². The van der Waals surface area contributed by atoms with Crippen LogP contribution in [-0.4, -0.2) is 18.0 Å². The summed E-state index contributed by atoms with van der Waals surface area (Å²) in [6, 6.07) is 5.40. The summed E-state index contributed by atoms with van der Waals surface area (Å²) in [5, 5.41) is 0. The highest BCUT2D eigenvalue weighted by molar-refractivity contribution is 9.10. The molecule has 82 valence electrons. The molecule has 0 spiro atoms. The van der Waals surface area contributed by atoms with Gasteiger partial charge in [0, 0.05) is 6.54 Å².